The molecular weight excluding hydrogens is 430 g/mol. The van der Waals surface area contributed by atoms with Gasteiger partial charge < -0.3 is 5.11 Å². The molecule has 2 aromatic carbocycles. The summed E-state index contributed by atoms with van der Waals surface area (Å²) in [6, 6.07) is 9.69. The molecule has 0 fully saturated rings. The van der Waals surface area contributed by atoms with Crippen LogP contribution in [0.15, 0.2) is 42.5 Å². The molecule has 4 nitrogen and oxygen atoms in total. The highest BCUT2D eigenvalue weighted by Crippen LogP contribution is 2.35. The van der Waals surface area contributed by atoms with Crippen molar-refractivity contribution in [3.63, 3.8) is 0 Å². The van der Waals surface area contributed by atoms with Gasteiger partial charge in [0.05, 0.1) is 11.3 Å². The molecule has 0 saturated carbocycles. The number of sulfonamides is 1. The van der Waals surface area contributed by atoms with E-state index in [1.54, 1.807) is 6.92 Å². The summed E-state index contributed by atoms with van der Waals surface area (Å²) < 4.78 is 79.3. The summed E-state index contributed by atoms with van der Waals surface area (Å²) >= 11 is 1.28. The molecule has 0 bridgehead atoms. The van der Waals surface area contributed by atoms with Crippen molar-refractivity contribution in [2.45, 2.75) is 25.7 Å². The number of nitrogens with one attached hydrogen (secondary N) is 1. The van der Waals surface area contributed by atoms with Crippen molar-refractivity contribution in [1.82, 2.24) is 4.72 Å². The van der Waals surface area contributed by atoms with Gasteiger partial charge in [0.15, 0.2) is 0 Å². The molecule has 0 aliphatic heterocycles. The standard InChI is InChI=1S/C19H17F4NO3S2/c1-11-13-4-2-3-5-17(13)28-18(11)16(25)10-29(26,27)24-9-12-6-7-15(20)14(8-12)19(21,22)23/h2-8,16,24-25H,9-10H2,1H3. The Hall–Kier alpha value is -2.01. The van der Waals surface area contributed by atoms with Gasteiger partial charge >= 0.3 is 6.18 Å². The topological polar surface area (TPSA) is 66.4 Å². The predicted octanol–water partition coefficient (Wildman–Crippen LogP) is 4.52. The lowest BCUT2D eigenvalue weighted by molar-refractivity contribution is -0.140. The summed E-state index contributed by atoms with van der Waals surface area (Å²) in [5, 5.41) is 11.3. The number of benzene rings is 2. The van der Waals surface area contributed by atoms with E-state index in [-0.39, 0.29) is 5.56 Å². The third kappa shape index (κ3) is 4.95. The number of aliphatic hydroxyl groups excluding tert-OH is 1. The average molecular weight is 447 g/mol. The number of thiophene rings is 1. The van der Waals surface area contributed by atoms with E-state index in [1.807, 2.05) is 24.3 Å². The Morgan fingerprint density at radius 2 is 1.86 bits per heavy atom. The number of aliphatic hydroxyl groups is 1. The van der Waals surface area contributed by atoms with E-state index in [4.69, 9.17) is 0 Å². The lowest BCUT2D eigenvalue weighted by Crippen LogP contribution is -2.29. The molecule has 0 amide bonds. The quantitative estimate of drug-likeness (QED) is 0.546. The van der Waals surface area contributed by atoms with Gasteiger partial charge in [0.25, 0.3) is 0 Å². The first-order chi connectivity index (χ1) is 13.5. The van der Waals surface area contributed by atoms with Crippen LogP contribution in [0, 0.1) is 12.7 Å². The first-order valence-electron chi connectivity index (χ1n) is 8.47. The van der Waals surface area contributed by atoms with Crippen molar-refractivity contribution >= 4 is 31.4 Å². The summed E-state index contributed by atoms with van der Waals surface area (Å²) in [5.74, 6) is -2.08. The Balaban J connectivity index is 1.72. The second-order valence-electron chi connectivity index (χ2n) is 6.52. The fraction of sp³-hybridized carbons (Fsp3) is 0.263. The Labute approximate surface area is 168 Å². The van der Waals surface area contributed by atoms with E-state index < -0.39 is 46.0 Å². The summed E-state index contributed by atoms with van der Waals surface area (Å²) in [5.41, 5.74) is -0.730. The molecule has 0 aliphatic rings. The van der Waals surface area contributed by atoms with Crippen LogP contribution in [0.3, 0.4) is 0 Å². The van der Waals surface area contributed by atoms with E-state index in [0.29, 0.717) is 17.0 Å². The van der Waals surface area contributed by atoms with Gasteiger partial charge in [0.1, 0.15) is 11.9 Å². The first-order valence-corrected chi connectivity index (χ1v) is 10.9. The van der Waals surface area contributed by atoms with Crippen molar-refractivity contribution in [2.75, 3.05) is 5.75 Å². The molecular formula is C19H17F4NO3S2. The molecule has 2 N–H and O–H groups in total. The number of rotatable bonds is 6. The average Bonchev–Trinajstić information content (AvgIpc) is 2.97. The molecule has 0 aliphatic carbocycles. The summed E-state index contributed by atoms with van der Waals surface area (Å²) in [4.78, 5) is 0.512. The van der Waals surface area contributed by atoms with Crippen LogP contribution < -0.4 is 4.72 Å². The van der Waals surface area contributed by atoms with Crippen molar-refractivity contribution in [3.8, 4) is 0 Å². The molecule has 10 heteroatoms. The smallest absolute Gasteiger partial charge is 0.386 e. The van der Waals surface area contributed by atoms with Gasteiger partial charge in [-0.15, -0.1) is 11.3 Å². The molecule has 1 heterocycles. The first kappa shape index (κ1) is 21.7. The van der Waals surface area contributed by atoms with Gasteiger partial charge in [-0.1, -0.05) is 24.3 Å². The fourth-order valence-corrected chi connectivity index (χ4v) is 5.34. The van der Waals surface area contributed by atoms with E-state index in [1.165, 1.54) is 11.3 Å². The van der Waals surface area contributed by atoms with Crippen LogP contribution in [0.5, 0.6) is 0 Å². The van der Waals surface area contributed by atoms with Crippen LogP contribution in [-0.4, -0.2) is 19.3 Å². The molecule has 3 rings (SSSR count). The molecule has 0 saturated heterocycles. The van der Waals surface area contributed by atoms with E-state index >= 15 is 0 Å². The van der Waals surface area contributed by atoms with Gasteiger partial charge in [-0.25, -0.2) is 17.5 Å². The number of alkyl halides is 3. The molecule has 0 radical (unpaired) electrons. The molecule has 1 atom stereocenters. The Morgan fingerprint density at radius 1 is 1.17 bits per heavy atom. The Kier molecular flexibility index (Phi) is 6.00. The SMILES string of the molecule is Cc1c(C(O)CS(=O)(=O)NCc2ccc(F)c(C(F)(F)F)c2)sc2ccccc12. The van der Waals surface area contributed by atoms with E-state index in [2.05, 4.69) is 4.72 Å². The monoisotopic (exact) mass is 447 g/mol. The Morgan fingerprint density at radius 3 is 2.52 bits per heavy atom. The lowest BCUT2D eigenvalue weighted by Gasteiger charge is -2.13. The molecule has 0 spiro atoms. The van der Waals surface area contributed by atoms with Crippen molar-refractivity contribution < 1.29 is 31.1 Å². The van der Waals surface area contributed by atoms with Gasteiger partial charge in [-0.05, 0) is 41.6 Å². The van der Waals surface area contributed by atoms with Gasteiger partial charge in [0.2, 0.25) is 10.0 Å². The highest BCUT2D eigenvalue weighted by molar-refractivity contribution is 7.89. The summed E-state index contributed by atoms with van der Waals surface area (Å²) in [6.07, 6.45) is -6.17. The third-order valence-electron chi connectivity index (χ3n) is 4.39. The maximum atomic E-state index is 13.3. The normalized spacial score (nSPS) is 13.7. The number of aryl methyl sites for hydroxylation is 1. The van der Waals surface area contributed by atoms with Gasteiger partial charge in [0, 0.05) is 16.1 Å². The number of hydrogen-bond acceptors (Lipinski definition) is 4. The number of halogens is 4. The third-order valence-corrected chi connectivity index (χ3v) is 7.11. The fourth-order valence-electron chi connectivity index (χ4n) is 2.95. The zero-order valence-electron chi connectivity index (χ0n) is 15.1. The number of fused-ring (bicyclic) bond motifs is 1. The molecule has 29 heavy (non-hydrogen) atoms. The molecule has 3 aromatic rings. The highest BCUT2D eigenvalue weighted by Gasteiger charge is 2.34. The molecule has 156 valence electrons. The zero-order valence-corrected chi connectivity index (χ0v) is 16.8. The van der Waals surface area contributed by atoms with Crippen LogP contribution in [0.25, 0.3) is 10.1 Å². The second kappa shape index (κ2) is 8.02. The van der Waals surface area contributed by atoms with Crippen molar-refractivity contribution in [3.05, 3.63) is 69.8 Å². The largest absolute Gasteiger partial charge is 0.419 e. The summed E-state index contributed by atoms with van der Waals surface area (Å²) in [6.45, 7) is 1.33. The van der Waals surface area contributed by atoms with Crippen molar-refractivity contribution in [2.24, 2.45) is 0 Å². The van der Waals surface area contributed by atoms with Crippen molar-refractivity contribution in [1.29, 1.82) is 0 Å². The summed E-state index contributed by atoms with van der Waals surface area (Å²) in [7, 11) is -4.01. The molecule has 1 unspecified atom stereocenters. The lowest BCUT2D eigenvalue weighted by atomic mass is 10.1. The minimum atomic E-state index is -4.88. The van der Waals surface area contributed by atoms with Gasteiger partial charge in [-0.2, -0.15) is 13.2 Å². The van der Waals surface area contributed by atoms with E-state index in [9.17, 15) is 31.1 Å². The minimum Gasteiger partial charge on any atom is -0.386 e. The van der Waals surface area contributed by atoms with Crippen LogP contribution in [-0.2, 0) is 22.7 Å². The van der Waals surface area contributed by atoms with Crippen LogP contribution in [0.2, 0.25) is 0 Å². The zero-order chi connectivity index (χ0) is 21.4. The number of hydrogen-bond donors (Lipinski definition) is 2. The maximum Gasteiger partial charge on any atom is 0.419 e. The van der Waals surface area contributed by atoms with Crippen LogP contribution >= 0.6 is 11.3 Å². The molecule has 1 aromatic heterocycles. The highest BCUT2D eigenvalue weighted by atomic mass is 32.2. The Bertz CT molecular complexity index is 1140. The van der Waals surface area contributed by atoms with Crippen LogP contribution in [0.4, 0.5) is 17.6 Å². The second-order valence-corrected chi connectivity index (χ2v) is 9.45. The minimum absolute atomic E-state index is 0.0465. The predicted molar refractivity (Wildman–Crippen MR) is 104 cm³/mol. The van der Waals surface area contributed by atoms with Gasteiger partial charge in [-0.3, -0.25) is 0 Å². The van der Waals surface area contributed by atoms with E-state index in [0.717, 1.165) is 21.7 Å². The maximum absolute atomic E-state index is 13.3. The van der Waals surface area contributed by atoms with Crippen LogP contribution in [0.1, 0.15) is 27.7 Å².